The molecular formula is C41H51F2N8O5+. The Labute approximate surface area is 325 Å². The molecule has 298 valence electrons. The Kier molecular flexibility index (Phi) is 11.5. The number of ether oxygens (including phenoxy) is 2. The Hall–Kier alpha value is -5.15. The maximum absolute atomic E-state index is 15.0. The second-order valence-electron chi connectivity index (χ2n) is 15.6. The number of methoxy groups -OCH3 is 2. The first-order chi connectivity index (χ1) is 27.0. The lowest BCUT2D eigenvalue weighted by atomic mass is 9.87. The molecule has 1 atom stereocenters. The van der Waals surface area contributed by atoms with E-state index in [9.17, 15) is 23.2 Å². The van der Waals surface area contributed by atoms with E-state index in [4.69, 9.17) is 9.47 Å². The molecule has 3 aliphatic heterocycles. The summed E-state index contributed by atoms with van der Waals surface area (Å²) >= 11 is 0. The van der Waals surface area contributed by atoms with Gasteiger partial charge in [-0.3, -0.25) is 14.0 Å². The van der Waals surface area contributed by atoms with Crippen LogP contribution in [0, 0.1) is 29.4 Å². The summed E-state index contributed by atoms with van der Waals surface area (Å²) < 4.78 is 42.2. The zero-order chi connectivity index (χ0) is 39.6. The SMILES string of the molecule is CCc1cc(Nc2nccn3c(-c4ccc(OC)c(F)c4F)cnc23)ccc1C(=O)NC(C(=O)OC)C1CCN(C(=O)C2CC[N+](C)(CC3CNC3)CC2)CC1. The highest BCUT2D eigenvalue weighted by Gasteiger charge is 2.40. The molecule has 2 aromatic carbocycles. The Morgan fingerprint density at radius 1 is 1.02 bits per heavy atom. The number of imidazole rings is 1. The number of aryl methyl sites for hydroxylation is 1. The average molecular weight is 774 g/mol. The normalized spacial score (nSPS) is 21.0. The Balaban J connectivity index is 0.992. The Morgan fingerprint density at radius 2 is 1.77 bits per heavy atom. The van der Waals surface area contributed by atoms with E-state index in [2.05, 4.69) is 33.0 Å². The van der Waals surface area contributed by atoms with Crippen molar-refractivity contribution in [3.05, 3.63) is 71.7 Å². The van der Waals surface area contributed by atoms with Gasteiger partial charge in [0.05, 0.1) is 52.8 Å². The summed E-state index contributed by atoms with van der Waals surface area (Å²) in [7, 11) is 4.91. The van der Waals surface area contributed by atoms with E-state index < -0.39 is 29.6 Å². The van der Waals surface area contributed by atoms with E-state index in [0.717, 1.165) is 55.0 Å². The molecule has 3 aliphatic rings. The van der Waals surface area contributed by atoms with Crippen molar-refractivity contribution in [1.82, 2.24) is 29.9 Å². The summed E-state index contributed by atoms with van der Waals surface area (Å²) in [6.07, 6.45) is 8.05. The minimum atomic E-state index is -1.09. The fraction of sp³-hybridized carbons (Fsp3) is 0.488. The fourth-order valence-electron chi connectivity index (χ4n) is 8.56. The zero-order valence-electron chi connectivity index (χ0n) is 32.4. The molecule has 0 aliphatic carbocycles. The van der Waals surface area contributed by atoms with Gasteiger partial charge in [-0.2, -0.15) is 4.39 Å². The van der Waals surface area contributed by atoms with E-state index in [1.165, 1.54) is 45.3 Å². The number of piperidine rings is 2. The number of hydrogen-bond acceptors (Lipinski definition) is 9. The molecule has 5 heterocycles. The van der Waals surface area contributed by atoms with Gasteiger partial charge in [-0.1, -0.05) is 6.92 Å². The van der Waals surface area contributed by atoms with Crippen LogP contribution in [-0.4, -0.2) is 115 Å². The van der Waals surface area contributed by atoms with Crippen LogP contribution in [0.25, 0.3) is 16.9 Å². The van der Waals surface area contributed by atoms with Crippen molar-refractivity contribution < 1.29 is 37.1 Å². The number of aromatic nitrogens is 3. The highest BCUT2D eigenvalue weighted by atomic mass is 19.2. The number of nitrogens with one attached hydrogen (secondary N) is 3. The van der Waals surface area contributed by atoms with Gasteiger partial charge in [-0.15, -0.1) is 0 Å². The van der Waals surface area contributed by atoms with Crippen LogP contribution in [0.5, 0.6) is 5.75 Å². The molecule has 0 radical (unpaired) electrons. The largest absolute Gasteiger partial charge is 0.494 e. The third kappa shape index (κ3) is 7.92. The molecule has 2 amide bonds. The highest BCUT2D eigenvalue weighted by Crippen LogP contribution is 2.33. The number of fused-ring (bicyclic) bond motifs is 1. The summed E-state index contributed by atoms with van der Waals surface area (Å²) in [6.45, 7) is 8.40. The first kappa shape index (κ1) is 39.1. The fourth-order valence-corrected chi connectivity index (χ4v) is 8.56. The molecule has 3 saturated heterocycles. The second kappa shape index (κ2) is 16.5. The van der Waals surface area contributed by atoms with Crippen molar-refractivity contribution in [3.63, 3.8) is 0 Å². The smallest absolute Gasteiger partial charge is 0.328 e. The zero-order valence-corrected chi connectivity index (χ0v) is 32.4. The quantitative estimate of drug-likeness (QED) is 0.140. The molecule has 7 rings (SSSR count). The number of benzene rings is 2. The molecule has 0 saturated carbocycles. The van der Waals surface area contributed by atoms with Gasteiger partial charge >= 0.3 is 5.97 Å². The number of nitrogens with zero attached hydrogens (tertiary/aromatic N) is 5. The Morgan fingerprint density at radius 3 is 2.43 bits per heavy atom. The molecular weight excluding hydrogens is 722 g/mol. The molecule has 3 fully saturated rings. The lowest BCUT2D eigenvalue weighted by molar-refractivity contribution is -0.918. The van der Waals surface area contributed by atoms with E-state index in [1.54, 1.807) is 22.7 Å². The maximum atomic E-state index is 15.0. The van der Waals surface area contributed by atoms with Crippen LogP contribution < -0.4 is 20.7 Å². The number of rotatable bonds is 12. The predicted molar refractivity (Wildman–Crippen MR) is 206 cm³/mol. The second-order valence-corrected chi connectivity index (χ2v) is 15.6. The van der Waals surface area contributed by atoms with Crippen LogP contribution in [0.2, 0.25) is 0 Å². The topological polar surface area (TPSA) is 139 Å². The molecule has 15 heteroatoms. The van der Waals surface area contributed by atoms with Crippen molar-refractivity contribution >= 4 is 34.9 Å². The van der Waals surface area contributed by atoms with Gasteiger partial charge in [0.2, 0.25) is 11.7 Å². The predicted octanol–water partition coefficient (Wildman–Crippen LogP) is 4.58. The Bertz CT molecular complexity index is 2090. The van der Waals surface area contributed by atoms with Gasteiger partial charge < -0.3 is 34.8 Å². The maximum Gasteiger partial charge on any atom is 0.328 e. The minimum absolute atomic E-state index is 0.0138. The summed E-state index contributed by atoms with van der Waals surface area (Å²) in [6, 6.07) is 7.18. The van der Waals surface area contributed by atoms with Crippen molar-refractivity contribution in [2.45, 2.75) is 45.1 Å². The number of halogens is 2. The van der Waals surface area contributed by atoms with Crippen molar-refractivity contribution in [1.29, 1.82) is 0 Å². The molecule has 13 nitrogen and oxygen atoms in total. The van der Waals surface area contributed by atoms with Gasteiger partial charge in [-0.25, -0.2) is 19.2 Å². The lowest BCUT2D eigenvalue weighted by Gasteiger charge is -2.45. The number of carbonyl (C=O) groups is 3. The number of esters is 1. The monoisotopic (exact) mass is 773 g/mol. The summed E-state index contributed by atoms with van der Waals surface area (Å²) in [5, 5.41) is 9.57. The third-order valence-electron chi connectivity index (χ3n) is 12.0. The lowest BCUT2D eigenvalue weighted by Crippen LogP contribution is -2.59. The van der Waals surface area contributed by atoms with E-state index in [-0.39, 0.29) is 29.1 Å². The number of hydrogen-bond donors (Lipinski definition) is 3. The summed E-state index contributed by atoms with van der Waals surface area (Å²) in [5.41, 5.74) is 2.50. The molecule has 0 spiro atoms. The van der Waals surface area contributed by atoms with Crippen molar-refractivity contribution in [2.75, 3.05) is 72.4 Å². The number of quaternary nitrogens is 1. The minimum Gasteiger partial charge on any atom is -0.494 e. The first-order valence-electron chi connectivity index (χ1n) is 19.5. The number of anilines is 2. The van der Waals surface area contributed by atoms with Crippen LogP contribution >= 0.6 is 0 Å². The summed E-state index contributed by atoms with van der Waals surface area (Å²) in [4.78, 5) is 51.3. The van der Waals surface area contributed by atoms with E-state index in [0.29, 0.717) is 60.8 Å². The standard InChI is InChI=1S/C41H50F2N8O5/c1-5-26-20-29(47-37-38-46-23-32(50(38)17-14-45-37)31-8-9-33(55-3)35(43)34(31)42)6-7-30(26)39(52)48-36(41(54)56-4)27-10-15-49(16-11-27)40(53)28-12-18-51(2,19-13-28)24-25-21-44-22-25/h6-9,14,17,20,23,25,27-28,36,44H,5,10-13,15-16,18-19,21-22,24H2,1-4H3,(H-,45,47,48,52)/p+1. The van der Waals surface area contributed by atoms with Crippen LogP contribution in [0.4, 0.5) is 20.3 Å². The van der Waals surface area contributed by atoms with Gasteiger partial charge in [-0.05, 0) is 61.1 Å². The number of carbonyl (C=O) groups excluding carboxylic acids is 3. The van der Waals surface area contributed by atoms with Gasteiger partial charge in [0, 0.05) is 80.1 Å². The molecule has 0 bridgehead atoms. The van der Waals surface area contributed by atoms with Crippen molar-refractivity contribution in [3.8, 4) is 17.0 Å². The molecule has 3 N–H and O–H groups in total. The molecule has 4 aromatic rings. The van der Waals surface area contributed by atoms with Crippen LogP contribution in [-0.2, 0) is 20.7 Å². The average Bonchev–Trinajstić information content (AvgIpc) is 3.64. The molecule has 56 heavy (non-hydrogen) atoms. The van der Waals surface area contributed by atoms with Crippen molar-refractivity contribution in [2.24, 2.45) is 17.8 Å². The number of amides is 2. The number of likely N-dealkylation sites (tertiary alicyclic amines) is 2. The van der Waals surface area contributed by atoms with E-state index >= 15 is 0 Å². The molecule has 2 aromatic heterocycles. The summed E-state index contributed by atoms with van der Waals surface area (Å²) in [5.74, 6) is -2.08. The van der Waals surface area contributed by atoms with Crippen LogP contribution in [0.3, 0.4) is 0 Å². The van der Waals surface area contributed by atoms with Gasteiger partial charge in [0.1, 0.15) is 6.04 Å². The first-order valence-corrected chi connectivity index (χ1v) is 19.5. The van der Waals surface area contributed by atoms with E-state index in [1.807, 2.05) is 17.9 Å². The highest BCUT2D eigenvalue weighted by molar-refractivity contribution is 5.98. The van der Waals surface area contributed by atoms with Crippen LogP contribution in [0.1, 0.15) is 48.5 Å². The van der Waals surface area contributed by atoms with Gasteiger partial charge in [0.25, 0.3) is 5.91 Å². The van der Waals surface area contributed by atoms with Crippen LogP contribution in [0.15, 0.2) is 48.9 Å². The molecule has 1 unspecified atom stereocenters. The van der Waals surface area contributed by atoms with Gasteiger partial charge in [0.15, 0.2) is 23.0 Å². The third-order valence-corrected chi connectivity index (χ3v) is 12.0.